The van der Waals surface area contributed by atoms with Gasteiger partial charge in [0.1, 0.15) is 0 Å². The molecule has 1 saturated carbocycles. The average Bonchev–Trinajstić information content (AvgIpc) is 3.50. The van der Waals surface area contributed by atoms with E-state index in [1.807, 2.05) is 30.3 Å². The van der Waals surface area contributed by atoms with E-state index in [0.29, 0.717) is 11.6 Å². The van der Waals surface area contributed by atoms with E-state index < -0.39 is 11.6 Å². The summed E-state index contributed by atoms with van der Waals surface area (Å²) < 4.78 is 39.6. The zero-order valence-electron chi connectivity index (χ0n) is 17.3. The van der Waals surface area contributed by atoms with E-state index in [4.69, 9.17) is 5.26 Å². The minimum Gasteiger partial charge on any atom is -0.299 e. The number of rotatable bonds is 7. The van der Waals surface area contributed by atoms with Crippen LogP contribution in [0.2, 0.25) is 0 Å². The molecule has 2 aromatic carbocycles. The van der Waals surface area contributed by atoms with E-state index in [-0.39, 0.29) is 12.8 Å². The lowest BCUT2D eigenvalue weighted by atomic mass is 9.93. The number of hydrogen-bond donors (Lipinski definition) is 0. The molecule has 2 nitrogen and oxygen atoms in total. The zero-order chi connectivity index (χ0) is 21.5. The molecule has 0 heterocycles. The standard InChI is InChI=1S/C22H26F3N.C2H3N/c1-17(26(2)16-19-6-4-3-5-7-19)8-9-18-10-12-20(13-11-18)21(14-15-21)22(23,24)25;1-2-3/h3-7,10-13,17H,8-9,14-16H2,1-2H3;1H3. The molecule has 0 aromatic heterocycles. The van der Waals surface area contributed by atoms with E-state index in [0.717, 1.165) is 24.9 Å². The summed E-state index contributed by atoms with van der Waals surface area (Å²) in [5.74, 6) is 0. The van der Waals surface area contributed by atoms with E-state index in [2.05, 4.69) is 31.0 Å². The molecule has 3 rings (SSSR count). The molecule has 0 aliphatic heterocycles. The molecule has 1 atom stereocenters. The van der Waals surface area contributed by atoms with Crippen LogP contribution in [0, 0.1) is 11.3 Å². The van der Waals surface area contributed by atoms with Gasteiger partial charge in [-0.25, -0.2) is 0 Å². The largest absolute Gasteiger partial charge is 0.398 e. The molecule has 29 heavy (non-hydrogen) atoms. The van der Waals surface area contributed by atoms with Crippen molar-refractivity contribution in [3.63, 3.8) is 0 Å². The minimum absolute atomic E-state index is 0.219. The van der Waals surface area contributed by atoms with Gasteiger partial charge in [0, 0.05) is 19.5 Å². The molecule has 5 heteroatoms. The fourth-order valence-corrected chi connectivity index (χ4v) is 3.47. The van der Waals surface area contributed by atoms with Crippen LogP contribution in [0.25, 0.3) is 0 Å². The zero-order valence-corrected chi connectivity index (χ0v) is 17.3. The van der Waals surface area contributed by atoms with Crippen LogP contribution in [-0.2, 0) is 18.4 Å². The number of benzene rings is 2. The SMILES string of the molecule is CC#N.CC(CCc1ccc(C2(C(F)(F)F)CC2)cc1)N(C)Cc1ccccc1. The molecule has 1 aliphatic rings. The molecule has 0 bridgehead atoms. The maximum atomic E-state index is 13.2. The second-order valence-electron chi connectivity index (χ2n) is 7.79. The van der Waals surface area contributed by atoms with Crippen LogP contribution in [0.1, 0.15) is 49.8 Å². The van der Waals surface area contributed by atoms with Crippen molar-refractivity contribution >= 4 is 0 Å². The summed E-state index contributed by atoms with van der Waals surface area (Å²) in [4.78, 5) is 2.31. The van der Waals surface area contributed by atoms with Crippen molar-refractivity contribution in [1.29, 1.82) is 5.26 Å². The Morgan fingerprint density at radius 3 is 2.07 bits per heavy atom. The molecule has 1 fully saturated rings. The smallest absolute Gasteiger partial charge is 0.299 e. The van der Waals surface area contributed by atoms with Gasteiger partial charge in [-0.2, -0.15) is 18.4 Å². The van der Waals surface area contributed by atoms with Gasteiger partial charge in [0.05, 0.1) is 11.5 Å². The van der Waals surface area contributed by atoms with Crippen molar-refractivity contribution in [2.24, 2.45) is 0 Å². The molecule has 2 aromatic rings. The van der Waals surface area contributed by atoms with Crippen LogP contribution in [0.5, 0.6) is 0 Å². The van der Waals surface area contributed by atoms with Crippen molar-refractivity contribution in [2.45, 2.75) is 63.7 Å². The Morgan fingerprint density at radius 2 is 1.59 bits per heavy atom. The number of hydrogen-bond acceptors (Lipinski definition) is 2. The fraction of sp³-hybridized carbons (Fsp3) is 0.458. The number of nitrogens with zero attached hydrogens (tertiary/aromatic N) is 2. The Labute approximate surface area is 172 Å². The number of alkyl halides is 3. The van der Waals surface area contributed by atoms with Gasteiger partial charge < -0.3 is 0 Å². The van der Waals surface area contributed by atoms with Gasteiger partial charge in [0.25, 0.3) is 0 Å². The second-order valence-corrected chi connectivity index (χ2v) is 7.79. The monoisotopic (exact) mass is 402 g/mol. The van der Waals surface area contributed by atoms with Gasteiger partial charge in [-0.3, -0.25) is 4.90 Å². The molecular formula is C24H29F3N2. The Kier molecular flexibility index (Phi) is 7.87. The van der Waals surface area contributed by atoms with Gasteiger partial charge >= 0.3 is 6.18 Å². The molecule has 1 unspecified atom stereocenters. The molecular weight excluding hydrogens is 373 g/mol. The lowest BCUT2D eigenvalue weighted by molar-refractivity contribution is -0.160. The van der Waals surface area contributed by atoms with Crippen molar-refractivity contribution in [1.82, 2.24) is 4.90 Å². The molecule has 0 saturated heterocycles. The Morgan fingerprint density at radius 1 is 1.03 bits per heavy atom. The Balaban J connectivity index is 0.000000941. The second kappa shape index (κ2) is 9.93. The summed E-state index contributed by atoms with van der Waals surface area (Å²) in [6, 6.07) is 19.6. The van der Waals surface area contributed by atoms with Crippen LogP contribution in [0.15, 0.2) is 54.6 Å². The summed E-state index contributed by atoms with van der Waals surface area (Å²) in [7, 11) is 2.11. The van der Waals surface area contributed by atoms with Gasteiger partial charge in [-0.05, 0) is 56.3 Å². The number of aryl methyl sites for hydroxylation is 1. The van der Waals surface area contributed by atoms with Gasteiger partial charge in [0.2, 0.25) is 0 Å². The fourth-order valence-electron chi connectivity index (χ4n) is 3.47. The quantitative estimate of drug-likeness (QED) is 0.546. The van der Waals surface area contributed by atoms with Crippen LogP contribution >= 0.6 is 0 Å². The lowest BCUT2D eigenvalue weighted by Gasteiger charge is -2.25. The van der Waals surface area contributed by atoms with Gasteiger partial charge in [-0.15, -0.1) is 0 Å². The summed E-state index contributed by atoms with van der Waals surface area (Å²) in [5.41, 5.74) is 1.23. The van der Waals surface area contributed by atoms with Crippen LogP contribution < -0.4 is 0 Å². The summed E-state index contributed by atoms with van der Waals surface area (Å²) in [6.45, 7) is 4.52. The maximum Gasteiger partial charge on any atom is 0.398 e. The average molecular weight is 403 g/mol. The Hall–Kier alpha value is -2.32. The highest BCUT2D eigenvalue weighted by molar-refractivity contribution is 5.35. The lowest BCUT2D eigenvalue weighted by Crippen LogP contribution is -2.29. The summed E-state index contributed by atoms with van der Waals surface area (Å²) in [6.07, 6.45) is -1.84. The maximum absolute atomic E-state index is 13.2. The van der Waals surface area contributed by atoms with Crippen LogP contribution in [0.3, 0.4) is 0 Å². The third-order valence-electron chi connectivity index (χ3n) is 5.68. The third-order valence-corrected chi connectivity index (χ3v) is 5.68. The third kappa shape index (κ3) is 6.08. The first-order chi connectivity index (χ1) is 13.7. The number of nitriles is 1. The molecule has 0 N–H and O–H groups in total. The van der Waals surface area contributed by atoms with E-state index in [1.165, 1.54) is 12.5 Å². The summed E-state index contributed by atoms with van der Waals surface area (Å²) >= 11 is 0. The van der Waals surface area contributed by atoms with Gasteiger partial charge in [-0.1, -0.05) is 54.6 Å². The van der Waals surface area contributed by atoms with Gasteiger partial charge in [0.15, 0.2) is 0 Å². The minimum atomic E-state index is -4.14. The highest BCUT2D eigenvalue weighted by Gasteiger charge is 2.64. The first-order valence-electron chi connectivity index (χ1n) is 9.94. The normalized spacial score (nSPS) is 15.8. The van der Waals surface area contributed by atoms with E-state index in [9.17, 15) is 13.2 Å². The first-order valence-corrected chi connectivity index (χ1v) is 9.94. The van der Waals surface area contributed by atoms with Crippen LogP contribution in [0.4, 0.5) is 13.2 Å². The van der Waals surface area contributed by atoms with Crippen molar-refractivity contribution in [3.05, 3.63) is 71.3 Å². The highest BCUT2D eigenvalue weighted by Crippen LogP contribution is 2.58. The highest BCUT2D eigenvalue weighted by atomic mass is 19.4. The van der Waals surface area contributed by atoms with E-state index in [1.54, 1.807) is 18.2 Å². The molecule has 0 amide bonds. The predicted molar refractivity (Wildman–Crippen MR) is 110 cm³/mol. The van der Waals surface area contributed by atoms with Crippen LogP contribution in [-0.4, -0.2) is 24.2 Å². The first kappa shape index (κ1) is 23.0. The molecule has 156 valence electrons. The van der Waals surface area contributed by atoms with E-state index >= 15 is 0 Å². The van der Waals surface area contributed by atoms with Crippen molar-refractivity contribution in [3.8, 4) is 6.07 Å². The number of halogens is 3. The predicted octanol–water partition coefficient (Wildman–Crippen LogP) is 6.26. The molecule has 0 radical (unpaired) electrons. The molecule has 0 spiro atoms. The summed E-state index contributed by atoms with van der Waals surface area (Å²) in [5, 5.41) is 7.32. The topological polar surface area (TPSA) is 27.0 Å². The van der Waals surface area contributed by atoms with Crippen molar-refractivity contribution in [2.75, 3.05) is 7.05 Å². The molecule has 1 aliphatic carbocycles. The van der Waals surface area contributed by atoms with Crippen molar-refractivity contribution < 1.29 is 13.2 Å². The Bertz CT molecular complexity index is 788.